The van der Waals surface area contributed by atoms with Gasteiger partial charge in [0.1, 0.15) is 30.6 Å². The predicted molar refractivity (Wildman–Crippen MR) is 100 cm³/mol. The molecule has 0 saturated carbocycles. The van der Waals surface area contributed by atoms with E-state index in [9.17, 15) is 22.5 Å². The summed E-state index contributed by atoms with van der Waals surface area (Å²) in [4.78, 5) is 14.5. The van der Waals surface area contributed by atoms with Gasteiger partial charge < -0.3 is 13.7 Å². The number of hydrogen-bond donors (Lipinski definition) is 0. The van der Waals surface area contributed by atoms with Crippen molar-refractivity contribution < 1.29 is 31.7 Å². The summed E-state index contributed by atoms with van der Waals surface area (Å²) in [6.07, 6.45) is 5.32. The highest BCUT2D eigenvalue weighted by atomic mass is 32.2. The number of rotatable bonds is 7. The molecule has 1 unspecified atom stereocenters. The highest BCUT2D eigenvalue weighted by Crippen LogP contribution is 2.30. The lowest BCUT2D eigenvalue weighted by Crippen LogP contribution is -2.23. The molecule has 0 amide bonds. The third kappa shape index (κ3) is 5.72. The Morgan fingerprint density at radius 2 is 1.69 bits per heavy atom. The van der Waals surface area contributed by atoms with E-state index < -0.39 is 16.7 Å². The van der Waals surface area contributed by atoms with Crippen LogP contribution in [0.4, 0.5) is 13.2 Å². The second-order valence-electron chi connectivity index (χ2n) is 5.77. The maximum absolute atomic E-state index is 12.5. The molecule has 0 N–H and O–H groups in total. The van der Waals surface area contributed by atoms with Crippen LogP contribution in [-0.4, -0.2) is 21.3 Å². The van der Waals surface area contributed by atoms with E-state index in [0.717, 1.165) is 18.4 Å². The summed E-state index contributed by atoms with van der Waals surface area (Å²) < 4.78 is 59.5. The second kappa shape index (κ2) is 8.97. The predicted octanol–water partition coefficient (Wildman–Crippen LogP) is 4.86. The zero-order valence-electron chi connectivity index (χ0n) is 14.8. The lowest BCUT2D eigenvalue weighted by molar-refractivity contribution is -0.0435. The molecule has 0 aliphatic rings. The van der Waals surface area contributed by atoms with Gasteiger partial charge >= 0.3 is 5.51 Å². The molecule has 1 aromatic heterocycles. The van der Waals surface area contributed by atoms with Crippen LogP contribution in [0.5, 0.6) is 5.75 Å². The van der Waals surface area contributed by atoms with Crippen molar-refractivity contribution in [2.45, 2.75) is 17.0 Å². The number of halogens is 3. The summed E-state index contributed by atoms with van der Waals surface area (Å²) in [7, 11) is 0. The molecule has 0 saturated heterocycles. The molecule has 0 bridgehead atoms. The first kappa shape index (κ1) is 20.7. The third-order valence-corrected chi connectivity index (χ3v) is 4.82. The molecule has 0 radical (unpaired) electrons. The van der Waals surface area contributed by atoms with Crippen LogP contribution in [0.25, 0.3) is 12.2 Å². The standard InChI is InChI=1S/C20H14F3NO4S/c21-20(22,23)29(26)18-8-3-14(4-9-18)5-10-19-24-16(13-28-19)12-27-17-6-1-15(11-25)2-7-17/h1-11,13H,12H2. The summed E-state index contributed by atoms with van der Waals surface area (Å²) in [6, 6.07) is 11.8. The number of hydrogen-bond acceptors (Lipinski definition) is 5. The van der Waals surface area contributed by atoms with Crippen LogP contribution in [0.2, 0.25) is 0 Å². The fourth-order valence-electron chi connectivity index (χ4n) is 2.27. The van der Waals surface area contributed by atoms with E-state index in [-0.39, 0.29) is 11.5 Å². The number of ether oxygens (including phenoxy) is 1. The maximum Gasteiger partial charge on any atom is 0.578 e. The minimum atomic E-state index is -4.79. The summed E-state index contributed by atoms with van der Waals surface area (Å²) in [5, 5.41) is 0. The number of aromatic nitrogens is 1. The third-order valence-electron chi connectivity index (χ3n) is 3.70. The van der Waals surface area contributed by atoms with Gasteiger partial charge in [-0.1, -0.05) is 0 Å². The van der Waals surface area contributed by atoms with Crippen LogP contribution in [0.15, 0.2) is 64.1 Å². The molecule has 0 fully saturated rings. The lowest BCUT2D eigenvalue weighted by Gasteiger charge is -2.11. The molecule has 9 heteroatoms. The first-order valence-electron chi connectivity index (χ1n) is 8.24. The summed E-state index contributed by atoms with van der Waals surface area (Å²) >= 11 is -3.05. The Kier molecular flexibility index (Phi) is 6.40. The second-order valence-corrected chi connectivity index (χ2v) is 7.24. The van der Waals surface area contributed by atoms with E-state index in [0.29, 0.717) is 28.5 Å². The van der Waals surface area contributed by atoms with E-state index in [1.54, 1.807) is 36.4 Å². The highest BCUT2D eigenvalue weighted by molar-refractivity contribution is 7.92. The highest BCUT2D eigenvalue weighted by Gasteiger charge is 2.45. The minimum Gasteiger partial charge on any atom is -0.604 e. The molecule has 2 aromatic carbocycles. The molecule has 1 heterocycles. The van der Waals surface area contributed by atoms with Crippen LogP contribution in [-0.2, 0) is 17.8 Å². The summed E-state index contributed by atoms with van der Waals surface area (Å²) in [6.45, 7) is 0.162. The largest absolute Gasteiger partial charge is 0.604 e. The van der Waals surface area contributed by atoms with Gasteiger partial charge in [0.2, 0.25) is 5.89 Å². The Bertz CT molecular complexity index is 982. The Morgan fingerprint density at radius 3 is 2.31 bits per heavy atom. The van der Waals surface area contributed by atoms with Crippen molar-refractivity contribution in [3.05, 3.63) is 77.5 Å². The Balaban J connectivity index is 1.57. The first-order chi connectivity index (χ1) is 13.8. The normalized spacial score (nSPS) is 12.8. The van der Waals surface area contributed by atoms with Crippen molar-refractivity contribution in [3.8, 4) is 5.75 Å². The molecular weight excluding hydrogens is 407 g/mol. The fraction of sp³-hybridized carbons (Fsp3) is 0.100. The van der Waals surface area contributed by atoms with Gasteiger partial charge in [-0.15, -0.1) is 13.2 Å². The van der Waals surface area contributed by atoms with Gasteiger partial charge in [-0.05, 0) is 60.2 Å². The van der Waals surface area contributed by atoms with Gasteiger partial charge in [0.05, 0.1) is 11.2 Å². The molecule has 29 heavy (non-hydrogen) atoms. The van der Waals surface area contributed by atoms with Crippen LogP contribution in [0.3, 0.4) is 0 Å². The molecule has 0 aliphatic carbocycles. The molecule has 3 rings (SSSR count). The topological polar surface area (TPSA) is 75.4 Å². The zero-order valence-corrected chi connectivity index (χ0v) is 15.6. The summed E-state index contributed by atoms with van der Waals surface area (Å²) in [5.74, 6) is 0.870. The van der Waals surface area contributed by atoms with Gasteiger partial charge in [-0.25, -0.2) is 4.98 Å². The molecule has 150 valence electrons. The van der Waals surface area contributed by atoms with E-state index in [1.165, 1.54) is 18.4 Å². The average Bonchev–Trinajstić information content (AvgIpc) is 3.18. The van der Waals surface area contributed by atoms with Crippen LogP contribution in [0.1, 0.15) is 27.5 Å². The maximum atomic E-state index is 12.5. The number of carbonyl (C=O) groups excluding carboxylic acids is 1. The zero-order chi connectivity index (χ0) is 20.9. The smallest absolute Gasteiger partial charge is 0.578 e. The molecule has 5 nitrogen and oxygen atoms in total. The minimum absolute atomic E-state index is 0.162. The van der Waals surface area contributed by atoms with Crippen LogP contribution in [0, 0.1) is 0 Å². The van der Waals surface area contributed by atoms with Gasteiger partial charge in [0, 0.05) is 11.6 Å². The van der Waals surface area contributed by atoms with Crippen molar-refractivity contribution in [1.82, 2.24) is 4.98 Å². The van der Waals surface area contributed by atoms with Crippen LogP contribution >= 0.6 is 0 Å². The van der Waals surface area contributed by atoms with Gasteiger partial charge in [-0.2, -0.15) is 0 Å². The van der Waals surface area contributed by atoms with Crippen molar-refractivity contribution in [1.29, 1.82) is 0 Å². The monoisotopic (exact) mass is 421 g/mol. The number of carbonyl (C=O) groups is 1. The van der Waals surface area contributed by atoms with Gasteiger partial charge in [0.25, 0.3) is 0 Å². The SMILES string of the molecule is O=Cc1ccc(OCc2coc(C=Cc3ccc([S+]([O-])C(F)(F)F)cc3)n2)cc1. The van der Waals surface area contributed by atoms with E-state index >= 15 is 0 Å². The molecular formula is C20H14F3NO4S. The van der Waals surface area contributed by atoms with E-state index in [1.807, 2.05) is 0 Å². The van der Waals surface area contributed by atoms with E-state index in [4.69, 9.17) is 9.15 Å². The molecule has 1 atom stereocenters. The first-order valence-corrected chi connectivity index (χ1v) is 9.39. The van der Waals surface area contributed by atoms with E-state index in [2.05, 4.69) is 4.98 Å². The number of alkyl halides is 3. The molecule has 0 aliphatic heterocycles. The Hall–Kier alpha value is -3.04. The number of aldehydes is 1. The molecule has 0 spiro atoms. The quantitative estimate of drug-likeness (QED) is 0.402. The Labute approximate surface area is 167 Å². The Morgan fingerprint density at radius 1 is 1.03 bits per heavy atom. The van der Waals surface area contributed by atoms with Gasteiger partial charge in [-0.3, -0.25) is 4.79 Å². The average molecular weight is 421 g/mol. The summed E-state index contributed by atoms with van der Waals surface area (Å²) in [5.41, 5.74) is -3.10. The number of benzene rings is 2. The number of oxazole rings is 1. The number of nitrogens with zero attached hydrogens (tertiary/aromatic N) is 1. The van der Waals surface area contributed by atoms with Crippen molar-refractivity contribution >= 4 is 29.6 Å². The van der Waals surface area contributed by atoms with Crippen molar-refractivity contribution in [3.63, 3.8) is 0 Å². The van der Waals surface area contributed by atoms with Crippen molar-refractivity contribution in [2.24, 2.45) is 0 Å². The fourth-order valence-corrected chi connectivity index (χ4v) is 2.92. The van der Waals surface area contributed by atoms with Gasteiger partial charge in [0.15, 0.2) is 4.90 Å². The van der Waals surface area contributed by atoms with Crippen molar-refractivity contribution in [2.75, 3.05) is 0 Å². The van der Waals surface area contributed by atoms with Crippen LogP contribution < -0.4 is 4.74 Å². The molecule has 3 aromatic rings. The lowest BCUT2D eigenvalue weighted by atomic mass is 10.2.